The Labute approximate surface area is 162 Å². The van der Waals surface area contributed by atoms with Crippen LogP contribution in [0.3, 0.4) is 0 Å². The number of hydrogen-bond acceptors (Lipinski definition) is 3. The minimum atomic E-state index is -1.04. The molecule has 140 valence electrons. The largest absolute Gasteiger partial charge is 0.478 e. The van der Waals surface area contributed by atoms with Crippen molar-refractivity contribution in [3.8, 4) is 11.1 Å². The van der Waals surface area contributed by atoms with Gasteiger partial charge in [0.25, 0.3) is 0 Å². The fraction of sp³-hybridized carbons (Fsp3) is 0.130. The fourth-order valence-corrected chi connectivity index (χ4v) is 3.64. The molecule has 1 amide bonds. The van der Waals surface area contributed by atoms with Crippen LogP contribution < -0.4 is 4.90 Å². The third-order valence-electron chi connectivity index (χ3n) is 5.09. The first kappa shape index (κ1) is 17.8. The molecule has 0 heterocycles. The number of carboxylic acids is 1. The molecular weight excluding hydrogens is 354 g/mol. The van der Waals surface area contributed by atoms with E-state index in [1.807, 2.05) is 24.3 Å². The smallest absolute Gasteiger partial charge is 0.414 e. The van der Waals surface area contributed by atoms with Crippen LogP contribution in [0.25, 0.3) is 11.1 Å². The molecule has 0 fully saturated rings. The lowest BCUT2D eigenvalue weighted by atomic mass is 9.98. The van der Waals surface area contributed by atoms with Gasteiger partial charge in [0.15, 0.2) is 0 Å². The molecule has 0 radical (unpaired) electrons. The summed E-state index contributed by atoms with van der Waals surface area (Å²) in [6, 6.07) is 22.5. The van der Waals surface area contributed by atoms with Crippen molar-refractivity contribution < 1.29 is 19.4 Å². The summed E-state index contributed by atoms with van der Waals surface area (Å²) >= 11 is 0. The minimum absolute atomic E-state index is 0.0184. The second kappa shape index (κ2) is 7.19. The maximum absolute atomic E-state index is 12.6. The SMILES string of the molecule is CN(C(=O)OCC1c2ccccc2-c2ccccc21)c1cccc(C(=O)O)c1. The van der Waals surface area contributed by atoms with E-state index in [4.69, 9.17) is 9.84 Å². The highest BCUT2D eigenvalue weighted by Gasteiger charge is 2.29. The van der Waals surface area contributed by atoms with Gasteiger partial charge in [-0.05, 0) is 40.5 Å². The lowest BCUT2D eigenvalue weighted by molar-refractivity contribution is 0.0696. The lowest BCUT2D eigenvalue weighted by Gasteiger charge is -2.20. The van der Waals surface area contributed by atoms with E-state index in [0.29, 0.717) is 5.69 Å². The van der Waals surface area contributed by atoms with Crippen LogP contribution >= 0.6 is 0 Å². The highest BCUT2D eigenvalue weighted by molar-refractivity contribution is 5.92. The quantitative estimate of drug-likeness (QED) is 0.715. The van der Waals surface area contributed by atoms with Crippen LogP contribution in [0.15, 0.2) is 72.8 Å². The molecule has 1 aliphatic carbocycles. The van der Waals surface area contributed by atoms with Crippen LogP contribution in [0.5, 0.6) is 0 Å². The molecule has 3 aromatic carbocycles. The Morgan fingerprint density at radius 2 is 1.54 bits per heavy atom. The first-order valence-electron chi connectivity index (χ1n) is 8.98. The Morgan fingerprint density at radius 1 is 0.929 bits per heavy atom. The number of nitrogens with zero attached hydrogens (tertiary/aromatic N) is 1. The zero-order valence-corrected chi connectivity index (χ0v) is 15.3. The van der Waals surface area contributed by atoms with E-state index in [1.54, 1.807) is 19.2 Å². The number of fused-ring (bicyclic) bond motifs is 3. The van der Waals surface area contributed by atoms with Gasteiger partial charge in [-0.1, -0.05) is 54.6 Å². The third-order valence-corrected chi connectivity index (χ3v) is 5.09. The van der Waals surface area contributed by atoms with Crippen LogP contribution in [0.1, 0.15) is 27.4 Å². The van der Waals surface area contributed by atoms with Crippen molar-refractivity contribution in [3.63, 3.8) is 0 Å². The zero-order chi connectivity index (χ0) is 19.7. The number of carbonyl (C=O) groups excluding carboxylic acids is 1. The average Bonchev–Trinajstić information content (AvgIpc) is 3.05. The Balaban J connectivity index is 1.52. The van der Waals surface area contributed by atoms with Crippen molar-refractivity contribution in [1.29, 1.82) is 0 Å². The first-order chi connectivity index (χ1) is 13.6. The van der Waals surface area contributed by atoms with Crippen molar-refractivity contribution in [3.05, 3.63) is 89.5 Å². The van der Waals surface area contributed by atoms with E-state index in [9.17, 15) is 9.59 Å². The van der Waals surface area contributed by atoms with Crippen LogP contribution in [-0.2, 0) is 4.74 Å². The minimum Gasteiger partial charge on any atom is -0.478 e. The van der Waals surface area contributed by atoms with E-state index in [2.05, 4.69) is 24.3 Å². The number of hydrogen-bond donors (Lipinski definition) is 1. The summed E-state index contributed by atoms with van der Waals surface area (Å²) in [5.74, 6) is -1.06. The van der Waals surface area contributed by atoms with E-state index in [0.717, 1.165) is 11.1 Å². The molecule has 4 rings (SSSR count). The summed E-state index contributed by atoms with van der Waals surface area (Å²) in [7, 11) is 1.57. The Kier molecular flexibility index (Phi) is 4.57. The van der Waals surface area contributed by atoms with Gasteiger partial charge < -0.3 is 9.84 Å². The molecule has 3 aromatic rings. The van der Waals surface area contributed by atoms with Gasteiger partial charge in [-0.15, -0.1) is 0 Å². The lowest BCUT2D eigenvalue weighted by Crippen LogP contribution is -2.28. The maximum atomic E-state index is 12.6. The number of carbonyl (C=O) groups is 2. The van der Waals surface area contributed by atoms with E-state index >= 15 is 0 Å². The van der Waals surface area contributed by atoms with Crippen molar-refractivity contribution in [1.82, 2.24) is 0 Å². The van der Waals surface area contributed by atoms with Gasteiger partial charge in [0, 0.05) is 18.7 Å². The van der Waals surface area contributed by atoms with Crippen LogP contribution in [0, 0.1) is 0 Å². The molecule has 28 heavy (non-hydrogen) atoms. The number of aromatic carboxylic acids is 1. The van der Waals surface area contributed by atoms with Gasteiger partial charge >= 0.3 is 12.1 Å². The van der Waals surface area contributed by atoms with Gasteiger partial charge in [0.05, 0.1) is 5.56 Å². The van der Waals surface area contributed by atoms with E-state index in [-0.39, 0.29) is 18.1 Å². The molecule has 1 aliphatic rings. The molecule has 0 saturated heterocycles. The Hall–Kier alpha value is -3.60. The van der Waals surface area contributed by atoms with Gasteiger partial charge in [-0.25, -0.2) is 9.59 Å². The molecule has 1 N–H and O–H groups in total. The van der Waals surface area contributed by atoms with Crippen molar-refractivity contribution in [2.24, 2.45) is 0 Å². The molecule has 0 aliphatic heterocycles. The number of carboxylic acid groups (broad SMARTS) is 1. The molecule has 5 heteroatoms. The van der Waals surface area contributed by atoms with Crippen LogP contribution in [0.4, 0.5) is 10.5 Å². The fourth-order valence-electron chi connectivity index (χ4n) is 3.64. The molecule has 0 saturated carbocycles. The highest BCUT2D eigenvalue weighted by atomic mass is 16.6. The number of ether oxygens (including phenoxy) is 1. The second-order valence-corrected chi connectivity index (χ2v) is 6.72. The number of amides is 1. The van der Waals surface area contributed by atoms with Crippen molar-refractivity contribution in [2.45, 2.75) is 5.92 Å². The first-order valence-corrected chi connectivity index (χ1v) is 8.98. The molecule has 0 aromatic heterocycles. The molecule has 0 atom stereocenters. The average molecular weight is 373 g/mol. The molecular formula is C23H19NO4. The molecule has 0 spiro atoms. The predicted molar refractivity (Wildman–Crippen MR) is 107 cm³/mol. The number of rotatable bonds is 4. The predicted octanol–water partition coefficient (Wildman–Crippen LogP) is 4.77. The summed E-state index contributed by atoms with van der Waals surface area (Å²) < 4.78 is 5.60. The van der Waals surface area contributed by atoms with Crippen molar-refractivity contribution >= 4 is 17.7 Å². The molecule has 0 bridgehead atoms. The summed E-state index contributed by atoms with van der Waals surface area (Å²) in [6.45, 7) is 0.218. The topological polar surface area (TPSA) is 66.8 Å². The summed E-state index contributed by atoms with van der Waals surface area (Å²) in [5.41, 5.74) is 5.22. The Morgan fingerprint density at radius 3 is 2.14 bits per heavy atom. The van der Waals surface area contributed by atoms with Gasteiger partial charge in [-0.2, -0.15) is 0 Å². The molecule has 0 unspecified atom stereocenters. The highest BCUT2D eigenvalue weighted by Crippen LogP contribution is 2.44. The second-order valence-electron chi connectivity index (χ2n) is 6.72. The third kappa shape index (κ3) is 3.11. The summed E-state index contributed by atoms with van der Waals surface area (Å²) in [6.07, 6.45) is -0.524. The standard InChI is InChI=1S/C23H19NO4/c1-24(16-8-6-7-15(13-16)22(25)26)23(27)28-14-21-19-11-4-2-9-17(19)18-10-3-5-12-20(18)21/h2-13,21H,14H2,1H3,(H,25,26). The number of benzene rings is 3. The maximum Gasteiger partial charge on any atom is 0.414 e. The molecule has 5 nitrogen and oxygen atoms in total. The Bertz CT molecular complexity index is 1010. The summed E-state index contributed by atoms with van der Waals surface area (Å²) in [4.78, 5) is 25.0. The normalized spacial score (nSPS) is 12.2. The van der Waals surface area contributed by atoms with Gasteiger partial charge in [0.1, 0.15) is 6.61 Å². The van der Waals surface area contributed by atoms with Gasteiger partial charge in [0.2, 0.25) is 0 Å². The zero-order valence-electron chi connectivity index (χ0n) is 15.3. The van der Waals surface area contributed by atoms with Gasteiger partial charge in [-0.3, -0.25) is 4.90 Å². The van der Waals surface area contributed by atoms with Crippen molar-refractivity contribution in [2.75, 3.05) is 18.6 Å². The van der Waals surface area contributed by atoms with E-state index in [1.165, 1.54) is 28.2 Å². The monoisotopic (exact) mass is 373 g/mol. The summed E-state index contributed by atoms with van der Waals surface area (Å²) in [5, 5.41) is 9.13. The van der Waals surface area contributed by atoms with Crippen LogP contribution in [0.2, 0.25) is 0 Å². The van der Waals surface area contributed by atoms with Crippen LogP contribution in [-0.4, -0.2) is 30.8 Å². The number of anilines is 1. The van der Waals surface area contributed by atoms with E-state index < -0.39 is 12.1 Å².